The molecule has 0 aromatic rings. The van der Waals surface area contributed by atoms with E-state index < -0.39 is 42.5 Å². The third-order valence-corrected chi connectivity index (χ3v) is 2.10. The Morgan fingerprint density at radius 1 is 1.11 bits per heavy atom. The van der Waals surface area contributed by atoms with Crippen molar-refractivity contribution in [3.05, 3.63) is 0 Å². The molecule has 0 bridgehead atoms. The van der Waals surface area contributed by atoms with Crippen molar-refractivity contribution in [2.24, 2.45) is 0 Å². The molecule has 0 spiro atoms. The van der Waals surface area contributed by atoms with E-state index in [0.29, 0.717) is 0 Å². The lowest BCUT2D eigenvalue weighted by Gasteiger charge is -2.28. The summed E-state index contributed by atoms with van der Waals surface area (Å²) in [6, 6.07) is 0. The summed E-state index contributed by atoms with van der Waals surface area (Å²) in [6.45, 7) is 1.03. The Morgan fingerprint density at radius 2 is 1.61 bits per heavy atom. The van der Waals surface area contributed by atoms with Crippen molar-refractivity contribution in [1.29, 1.82) is 0 Å². The number of rotatable bonds is 8. The van der Waals surface area contributed by atoms with Gasteiger partial charge in [-0.2, -0.15) is 0 Å². The van der Waals surface area contributed by atoms with Crippen LogP contribution in [0.5, 0.6) is 0 Å². The van der Waals surface area contributed by atoms with Gasteiger partial charge in [-0.1, -0.05) is 0 Å². The standard InChI is InChI=1S/C9H14O9/c1-3(8(14)15)18-7(6(13)9(16)17)5(12)4(11)2-10/h2-7,11-13H,1H3,(H,14,15)(H,16,17)/t3-,4-,5+,6-,7-/m0/s1. The quantitative estimate of drug-likeness (QED) is 0.292. The number of hydrogen-bond donors (Lipinski definition) is 5. The summed E-state index contributed by atoms with van der Waals surface area (Å²) in [4.78, 5) is 31.3. The summed E-state index contributed by atoms with van der Waals surface area (Å²) in [6.07, 6.45) is -9.98. The molecule has 5 atom stereocenters. The summed E-state index contributed by atoms with van der Waals surface area (Å²) < 4.78 is 4.62. The third-order valence-electron chi connectivity index (χ3n) is 2.10. The highest BCUT2D eigenvalue weighted by Gasteiger charge is 2.38. The molecule has 0 aliphatic heterocycles. The lowest BCUT2D eigenvalue weighted by atomic mass is 10.0. The summed E-state index contributed by atoms with van der Waals surface area (Å²) in [7, 11) is 0. The van der Waals surface area contributed by atoms with Gasteiger partial charge in [0.1, 0.15) is 18.3 Å². The van der Waals surface area contributed by atoms with E-state index in [1.54, 1.807) is 0 Å². The minimum atomic E-state index is -2.30. The molecule has 9 heteroatoms. The number of aliphatic hydroxyl groups excluding tert-OH is 3. The molecule has 9 nitrogen and oxygen atoms in total. The molecule has 0 amide bonds. The van der Waals surface area contributed by atoms with Crippen LogP contribution in [-0.2, 0) is 19.1 Å². The van der Waals surface area contributed by atoms with Crippen LogP contribution < -0.4 is 0 Å². The summed E-state index contributed by atoms with van der Waals surface area (Å²) in [5.41, 5.74) is 0. The average molecular weight is 266 g/mol. The summed E-state index contributed by atoms with van der Waals surface area (Å²) >= 11 is 0. The van der Waals surface area contributed by atoms with E-state index in [1.807, 2.05) is 0 Å². The molecular formula is C9H14O9. The number of carboxylic acids is 2. The fraction of sp³-hybridized carbons (Fsp3) is 0.667. The van der Waals surface area contributed by atoms with Gasteiger partial charge in [0, 0.05) is 0 Å². The number of hydrogen-bond acceptors (Lipinski definition) is 7. The molecule has 18 heavy (non-hydrogen) atoms. The topological polar surface area (TPSA) is 162 Å². The SMILES string of the molecule is C[C@H](O[C@@H]([C@H](O)[C@@H](O)C=O)[C@H](O)C(=O)O)C(=O)O. The molecular weight excluding hydrogens is 252 g/mol. The smallest absolute Gasteiger partial charge is 0.335 e. The summed E-state index contributed by atoms with van der Waals surface area (Å²) in [5, 5.41) is 44.8. The maximum absolute atomic E-state index is 10.5. The lowest BCUT2D eigenvalue weighted by Crippen LogP contribution is -2.51. The van der Waals surface area contributed by atoms with Crippen LogP contribution in [0, 0.1) is 0 Å². The van der Waals surface area contributed by atoms with Crippen LogP contribution in [0.25, 0.3) is 0 Å². The van der Waals surface area contributed by atoms with Gasteiger partial charge < -0.3 is 35.1 Å². The number of aldehydes is 1. The van der Waals surface area contributed by atoms with Crippen molar-refractivity contribution in [2.75, 3.05) is 0 Å². The molecule has 0 saturated heterocycles. The third kappa shape index (κ3) is 4.37. The number of carboxylic acid groups (broad SMARTS) is 2. The lowest BCUT2D eigenvalue weighted by molar-refractivity contribution is -0.186. The Labute approximate surface area is 101 Å². The first-order valence-corrected chi connectivity index (χ1v) is 4.83. The second-order valence-corrected chi connectivity index (χ2v) is 3.48. The van der Waals surface area contributed by atoms with E-state index >= 15 is 0 Å². The second kappa shape index (κ2) is 7.01. The number of carbonyl (C=O) groups excluding carboxylic acids is 1. The predicted octanol–water partition coefficient (Wildman–Crippen LogP) is -2.79. The first-order chi connectivity index (χ1) is 8.22. The van der Waals surface area contributed by atoms with E-state index in [-0.39, 0.29) is 6.29 Å². The zero-order chi connectivity index (χ0) is 14.5. The van der Waals surface area contributed by atoms with Crippen molar-refractivity contribution in [1.82, 2.24) is 0 Å². The van der Waals surface area contributed by atoms with E-state index in [0.717, 1.165) is 6.92 Å². The molecule has 0 fully saturated rings. The van der Waals surface area contributed by atoms with Crippen LogP contribution >= 0.6 is 0 Å². The first-order valence-electron chi connectivity index (χ1n) is 4.83. The minimum absolute atomic E-state index is 0.0962. The van der Waals surface area contributed by atoms with E-state index in [9.17, 15) is 24.6 Å². The van der Waals surface area contributed by atoms with E-state index in [1.165, 1.54) is 0 Å². The van der Waals surface area contributed by atoms with E-state index in [4.69, 9.17) is 15.3 Å². The van der Waals surface area contributed by atoms with Crippen molar-refractivity contribution in [3.8, 4) is 0 Å². The molecule has 0 saturated carbocycles. The van der Waals surface area contributed by atoms with Crippen LogP contribution in [0.2, 0.25) is 0 Å². The van der Waals surface area contributed by atoms with Crippen molar-refractivity contribution in [3.63, 3.8) is 0 Å². The maximum Gasteiger partial charge on any atom is 0.335 e. The van der Waals surface area contributed by atoms with Crippen LogP contribution in [0.4, 0.5) is 0 Å². The van der Waals surface area contributed by atoms with Gasteiger partial charge in [0.2, 0.25) is 0 Å². The molecule has 5 N–H and O–H groups in total. The van der Waals surface area contributed by atoms with Gasteiger partial charge in [-0.3, -0.25) is 0 Å². The average Bonchev–Trinajstić information content (AvgIpc) is 2.32. The van der Waals surface area contributed by atoms with Crippen LogP contribution in [0.15, 0.2) is 0 Å². The molecule has 0 radical (unpaired) electrons. The molecule has 0 aliphatic rings. The molecule has 0 aliphatic carbocycles. The van der Waals surface area contributed by atoms with Crippen molar-refractivity contribution in [2.45, 2.75) is 37.4 Å². The number of aliphatic carboxylic acids is 2. The molecule has 0 aromatic carbocycles. The van der Waals surface area contributed by atoms with Gasteiger partial charge in [0.25, 0.3) is 0 Å². The Hall–Kier alpha value is -1.55. The summed E-state index contributed by atoms with van der Waals surface area (Å²) in [5.74, 6) is -3.26. The highest BCUT2D eigenvalue weighted by Crippen LogP contribution is 2.12. The van der Waals surface area contributed by atoms with Crippen LogP contribution in [-0.4, -0.2) is 74.3 Å². The largest absolute Gasteiger partial charge is 0.479 e. The highest BCUT2D eigenvalue weighted by atomic mass is 16.5. The molecule has 0 aromatic heterocycles. The van der Waals surface area contributed by atoms with Gasteiger partial charge in [-0.05, 0) is 6.92 Å². The van der Waals surface area contributed by atoms with Crippen LogP contribution in [0.3, 0.4) is 0 Å². The Kier molecular flexibility index (Phi) is 6.41. The minimum Gasteiger partial charge on any atom is -0.479 e. The van der Waals surface area contributed by atoms with Crippen molar-refractivity contribution < 1.29 is 44.7 Å². The highest BCUT2D eigenvalue weighted by molar-refractivity contribution is 5.74. The van der Waals surface area contributed by atoms with Gasteiger partial charge >= 0.3 is 11.9 Å². The van der Waals surface area contributed by atoms with Crippen LogP contribution in [0.1, 0.15) is 6.92 Å². The Morgan fingerprint density at radius 3 is 1.94 bits per heavy atom. The zero-order valence-corrected chi connectivity index (χ0v) is 9.33. The maximum atomic E-state index is 10.5. The first kappa shape index (κ1) is 16.4. The number of carbonyl (C=O) groups is 3. The molecule has 104 valence electrons. The molecule has 0 unspecified atom stereocenters. The Bertz CT molecular complexity index is 315. The Balaban J connectivity index is 4.98. The van der Waals surface area contributed by atoms with Gasteiger partial charge in [-0.15, -0.1) is 0 Å². The fourth-order valence-corrected chi connectivity index (χ4v) is 1.05. The van der Waals surface area contributed by atoms with E-state index in [2.05, 4.69) is 4.74 Å². The van der Waals surface area contributed by atoms with Gasteiger partial charge in [0.15, 0.2) is 18.5 Å². The van der Waals surface area contributed by atoms with Gasteiger partial charge in [-0.25, -0.2) is 9.59 Å². The monoisotopic (exact) mass is 266 g/mol. The molecule has 0 heterocycles. The second-order valence-electron chi connectivity index (χ2n) is 3.48. The predicted molar refractivity (Wildman–Crippen MR) is 53.7 cm³/mol. The number of aliphatic hydroxyl groups is 3. The molecule has 0 rings (SSSR count). The fourth-order valence-electron chi connectivity index (χ4n) is 1.05. The zero-order valence-electron chi connectivity index (χ0n) is 9.33. The number of ether oxygens (including phenoxy) is 1. The van der Waals surface area contributed by atoms with Crippen molar-refractivity contribution >= 4 is 18.2 Å². The van der Waals surface area contributed by atoms with Gasteiger partial charge in [0.05, 0.1) is 0 Å². The normalized spacial score (nSPS) is 19.3.